The van der Waals surface area contributed by atoms with Gasteiger partial charge in [-0.25, -0.2) is 0 Å². The Bertz CT molecular complexity index is 578. The maximum Gasteiger partial charge on any atom is 0.240 e. The summed E-state index contributed by atoms with van der Waals surface area (Å²) in [5.74, 6) is 1.79. The largest absolute Gasteiger partial charge is 0.376 e. The van der Waals surface area contributed by atoms with Crippen molar-refractivity contribution in [3.63, 3.8) is 0 Å². The van der Waals surface area contributed by atoms with Gasteiger partial charge in [0.25, 0.3) is 0 Å². The minimum absolute atomic E-state index is 0. The van der Waals surface area contributed by atoms with Gasteiger partial charge in [-0.15, -0.1) is 12.4 Å². The van der Waals surface area contributed by atoms with Gasteiger partial charge in [-0.05, 0) is 24.4 Å². The van der Waals surface area contributed by atoms with Crippen molar-refractivity contribution < 1.29 is 9.26 Å². The first kappa shape index (κ1) is 17.9. The van der Waals surface area contributed by atoms with Gasteiger partial charge >= 0.3 is 0 Å². The molecule has 2 N–H and O–H groups in total. The van der Waals surface area contributed by atoms with Crippen LogP contribution in [0.15, 0.2) is 34.9 Å². The molecule has 1 fully saturated rings. The van der Waals surface area contributed by atoms with Crippen molar-refractivity contribution in [3.8, 4) is 0 Å². The molecule has 2 aromatic rings. The van der Waals surface area contributed by atoms with Gasteiger partial charge in [-0.3, -0.25) is 4.90 Å². The predicted molar refractivity (Wildman–Crippen MR) is 88.9 cm³/mol. The summed E-state index contributed by atoms with van der Waals surface area (Å²) in [5, 5.41) is 3.94. The number of aromatic nitrogens is 2. The van der Waals surface area contributed by atoms with Crippen molar-refractivity contribution in [2.45, 2.75) is 26.1 Å². The average molecular weight is 339 g/mol. The van der Waals surface area contributed by atoms with E-state index in [0.717, 1.165) is 32.7 Å². The van der Waals surface area contributed by atoms with Crippen LogP contribution in [-0.2, 0) is 24.4 Å². The lowest BCUT2D eigenvalue weighted by molar-refractivity contribution is 0.0883. The predicted octanol–water partition coefficient (Wildman–Crippen LogP) is 1.99. The average Bonchev–Trinajstić information content (AvgIpc) is 3.18. The van der Waals surface area contributed by atoms with E-state index < -0.39 is 0 Å². The normalized spacial score (nSPS) is 18.0. The maximum atomic E-state index is 5.83. The van der Waals surface area contributed by atoms with Gasteiger partial charge < -0.3 is 15.0 Å². The molecule has 1 aromatic carbocycles. The summed E-state index contributed by atoms with van der Waals surface area (Å²) < 4.78 is 10.9. The Labute approximate surface area is 142 Å². The first-order valence-electron chi connectivity index (χ1n) is 7.69. The maximum absolute atomic E-state index is 5.83. The molecule has 6 nitrogen and oxygen atoms in total. The number of halogens is 1. The topological polar surface area (TPSA) is 77.4 Å². The summed E-state index contributed by atoms with van der Waals surface area (Å²) in [7, 11) is 0. The van der Waals surface area contributed by atoms with Crippen molar-refractivity contribution >= 4 is 12.4 Å². The second kappa shape index (κ2) is 8.98. The molecule has 1 unspecified atom stereocenters. The third kappa shape index (κ3) is 5.28. The van der Waals surface area contributed by atoms with E-state index in [9.17, 15) is 0 Å². The van der Waals surface area contributed by atoms with Crippen LogP contribution in [0.1, 0.15) is 23.7 Å². The van der Waals surface area contributed by atoms with Crippen molar-refractivity contribution in [3.05, 3.63) is 47.6 Å². The number of likely N-dealkylation sites (tertiary alicyclic amines) is 1. The first-order valence-corrected chi connectivity index (χ1v) is 7.69. The highest BCUT2D eigenvalue weighted by molar-refractivity contribution is 5.85. The molecule has 1 aliphatic rings. The molecule has 1 saturated heterocycles. The van der Waals surface area contributed by atoms with E-state index in [1.165, 1.54) is 5.56 Å². The number of rotatable bonds is 7. The van der Waals surface area contributed by atoms with Crippen molar-refractivity contribution in [1.82, 2.24) is 15.0 Å². The first-order chi connectivity index (χ1) is 10.8. The third-order valence-corrected chi connectivity index (χ3v) is 3.88. The van der Waals surface area contributed by atoms with Crippen molar-refractivity contribution in [1.29, 1.82) is 0 Å². The van der Waals surface area contributed by atoms with Crippen LogP contribution < -0.4 is 5.73 Å². The number of nitrogens with zero attached hydrogens (tertiary/aromatic N) is 3. The highest BCUT2D eigenvalue weighted by atomic mass is 35.5. The number of benzene rings is 1. The fourth-order valence-electron chi connectivity index (χ4n) is 2.75. The summed E-state index contributed by atoms with van der Waals surface area (Å²) >= 11 is 0. The second-order valence-corrected chi connectivity index (χ2v) is 5.70. The number of hydrogen-bond acceptors (Lipinski definition) is 6. The van der Waals surface area contributed by atoms with Crippen LogP contribution >= 0.6 is 12.4 Å². The van der Waals surface area contributed by atoms with Gasteiger partial charge in [0.2, 0.25) is 5.89 Å². The highest BCUT2D eigenvalue weighted by Gasteiger charge is 2.23. The van der Waals surface area contributed by atoms with Gasteiger partial charge in [0.1, 0.15) is 0 Å². The molecule has 0 bridgehead atoms. The fourth-order valence-corrected chi connectivity index (χ4v) is 2.75. The van der Waals surface area contributed by atoms with Gasteiger partial charge in [0.05, 0.1) is 26.3 Å². The zero-order chi connectivity index (χ0) is 15.2. The lowest BCUT2D eigenvalue weighted by atomic mass is 10.1. The number of hydrogen-bond donors (Lipinski definition) is 1. The van der Waals surface area contributed by atoms with Gasteiger partial charge in [-0.2, -0.15) is 4.98 Å². The molecule has 2 heterocycles. The molecule has 0 aliphatic carbocycles. The van der Waals surface area contributed by atoms with E-state index in [4.69, 9.17) is 15.0 Å². The molecule has 7 heteroatoms. The Morgan fingerprint density at radius 3 is 2.87 bits per heavy atom. The third-order valence-electron chi connectivity index (χ3n) is 3.88. The van der Waals surface area contributed by atoms with E-state index in [1.54, 1.807) is 0 Å². The smallest absolute Gasteiger partial charge is 0.240 e. The summed E-state index contributed by atoms with van der Waals surface area (Å²) in [6.07, 6.45) is 1.15. The Morgan fingerprint density at radius 1 is 1.30 bits per heavy atom. The standard InChI is InChI=1S/C16H22N4O2.ClH/c17-8-16-18-15(19-22-16)10-20-7-6-14(9-20)12-21-11-13-4-2-1-3-5-13;/h1-5,14H,6-12,17H2;1H. The van der Waals surface area contributed by atoms with E-state index in [2.05, 4.69) is 27.2 Å². The van der Waals surface area contributed by atoms with Crippen LogP contribution in [0.4, 0.5) is 0 Å². The Morgan fingerprint density at radius 2 is 2.13 bits per heavy atom. The van der Waals surface area contributed by atoms with Crippen LogP contribution in [-0.4, -0.2) is 34.7 Å². The monoisotopic (exact) mass is 338 g/mol. The molecule has 0 amide bonds. The molecule has 0 saturated carbocycles. The summed E-state index contributed by atoms with van der Waals surface area (Å²) in [6, 6.07) is 10.3. The molecule has 23 heavy (non-hydrogen) atoms. The molecule has 3 rings (SSSR count). The number of ether oxygens (including phenoxy) is 1. The van der Waals surface area contributed by atoms with Crippen LogP contribution in [0.3, 0.4) is 0 Å². The molecule has 1 aliphatic heterocycles. The summed E-state index contributed by atoms with van der Waals surface area (Å²) in [6.45, 7) is 4.56. The molecule has 126 valence electrons. The minimum Gasteiger partial charge on any atom is -0.376 e. The molecular weight excluding hydrogens is 316 g/mol. The van der Waals surface area contributed by atoms with E-state index in [-0.39, 0.29) is 12.4 Å². The van der Waals surface area contributed by atoms with Crippen LogP contribution in [0.2, 0.25) is 0 Å². The van der Waals surface area contributed by atoms with Gasteiger partial charge in [0, 0.05) is 6.54 Å². The minimum atomic E-state index is 0. The fraction of sp³-hybridized carbons (Fsp3) is 0.500. The van der Waals surface area contributed by atoms with E-state index >= 15 is 0 Å². The quantitative estimate of drug-likeness (QED) is 0.832. The van der Waals surface area contributed by atoms with E-state index in [1.807, 2.05) is 18.2 Å². The lowest BCUT2D eigenvalue weighted by Crippen LogP contribution is -2.22. The molecule has 1 aromatic heterocycles. The Kier molecular flexibility index (Phi) is 6.98. The summed E-state index contributed by atoms with van der Waals surface area (Å²) in [4.78, 5) is 6.58. The SMILES string of the molecule is Cl.NCc1nc(CN2CCC(COCc3ccccc3)C2)no1. The van der Waals surface area contributed by atoms with E-state index in [0.29, 0.717) is 30.8 Å². The zero-order valence-corrected chi connectivity index (χ0v) is 13.9. The highest BCUT2D eigenvalue weighted by Crippen LogP contribution is 2.18. The second-order valence-electron chi connectivity index (χ2n) is 5.70. The van der Waals surface area contributed by atoms with Crippen molar-refractivity contribution in [2.24, 2.45) is 11.7 Å². The molecule has 0 radical (unpaired) electrons. The van der Waals surface area contributed by atoms with Gasteiger partial charge in [0.15, 0.2) is 5.82 Å². The van der Waals surface area contributed by atoms with Crippen LogP contribution in [0.5, 0.6) is 0 Å². The van der Waals surface area contributed by atoms with Crippen LogP contribution in [0, 0.1) is 5.92 Å². The number of nitrogens with two attached hydrogens (primary N) is 1. The molecular formula is C16H23ClN4O2. The lowest BCUT2D eigenvalue weighted by Gasteiger charge is -2.14. The van der Waals surface area contributed by atoms with Gasteiger partial charge in [-0.1, -0.05) is 35.5 Å². The van der Waals surface area contributed by atoms with Crippen LogP contribution in [0.25, 0.3) is 0 Å². The molecule has 1 atom stereocenters. The summed E-state index contributed by atoms with van der Waals surface area (Å²) in [5.41, 5.74) is 6.69. The van der Waals surface area contributed by atoms with Crippen molar-refractivity contribution in [2.75, 3.05) is 19.7 Å². The zero-order valence-electron chi connectivity index (χ0n) is 13.1. The Balaban J connectivity index is 0.00000192. The molecule has 0 spiro atoms. The Hall–Kier alpha value is -1.47.